The summed E-state index contributed by atoms with van der Waals surface area (Å²) in [7, 11) is 4.63. The van der Waals surface area contributed by atoms with Crippen LogP contribution in [0.15, 0.2) is 70.1 Å². The smallest absolute Gasteiger partial charge is 0.346 e. The summed E-state index contributed by atoms with van der Waals surface area (Å²) in [6.07, 6.45) is 4.43. The monoisotopic (exact) mass is 748 g/mol. The van der Waals surface area contributed by atoms with Crippen molar-refractivity contribution in [2.45, 2.75) is 30.9 Å². The largest absolute Gasteiger partial charge is 0.545 e. The average Bonchev–Trinajstić information content (AvgIpc) is 3.86. The van der Waals surface area contributed by atoms with Gasteiger partial charge in [-0.25, -0.2) is 14.4 Å². The lowest BCUT2D eigenvalue weighted by molar-refractivity contribution is -0.911. The van der Waals surface area contributed by atoms with Gasteiger partial charge in [0.2, 0.25) is 5.75 Å². The molecule has 1 aromatic carbocycles. The Hall–Kier alpha value is -5.07. The van der Waals surface area contributed by atoms with Crippen molar-refractivity contribution in [3.8, 4) is 17.2 Å². The third-order valence-electron chi connectivity index (χ3n) is 7.66. The molecule has 1 amide bonds. The van der Waals surface area contributed by atoms with E-state index < -0.39 is 29.5 Å². The zero-order valence-corrected chi connectivity index (χ0v) is 29.7. The Balaban J connectivity index is 0.000000468. The lowest BCUT2D eigenvalue weighted by Crippen LogP contribution is -3.15. The number of hydrogen-bond acceptors (Lipinski definition) is 13. The van der Waals surface area contributed by atoms with Gasteiger partial charge in [-0.1, -0.05) is 0 Å². The highest BCUT2D eigenvalue weighted by Gasteiger charge is 2.35. The molecule has 0 bridgehead atoms. The normalized spacial score (nSPS) is 15.5. The number of carboxylic acids is 4. The summed E-state index contributed by atoms with van der Waals surface area (Å²) in [6.45, 7) is 2.83. The summed E-state index contributed by atoms with van der Waals surface area (Å²) in [5, 5.41) is 56.0. The fraction of sp³-hybridized carbons (Fsp3) is 0.324. The van der Waals surface area contributed by atoms with E-state index in [2.05, 4.69) is 0 Å². The van der Waals surface area contributed by atoms with Crippen molar-refractivity contribution in [2.75, 3.05) is 41.0 Å². The highest BCUT2D eigenvalue weighted by atomic mass is 32.1. The number of carbonyl (C=O) groups is 5. The maximum absolute atomic E-state index is 13.1. The van der Waals surface area contributed by atoms with E-state index in [1.165, 1.54) is 19.1 Å². The second kappa shape index (κ2) is 21.2. The number of nitrogens with one attached hydrogen (secondary N) is 1. The van der Waals surface area contributed by atoms with Crippen LogP contribution in [-0.4, -0.2) is 92.1 Å². The lowest BCUT2D eigenvalue weighted by atomic mass is 9.86. The molecule has 1 aliphatic rings. The molecule has 0 radical (unpaired) electrons. The van der Waals surface area contributed by atoms with Crippen molar-refractivity contribution in [1.82, 2.24) is 0 Å². The van der Waals surface area contributed by atoms with E-state index in [0.717, 1.165) is 43.6 Å². The number of primary amides is 1. The quantitative estimate of drug-likeness (QED) is 0.120. The van der Waals surface area contributed by atoms with Gasteiger partial charge in [0.25, 0.3) is 0 Å². The first-order valence-electron chi connectivity index (χ1n) is 15.3. The highest BCUT2D eigenvalue weighted by Crippen LogP contribution is 2.39. The van der Waals surface area contributed by atoms with Gasteiger partial charge >= 0.3 is 17.8 Å². The highest BCUT2D eigenvalue weighted by molar-refractivity contribution is 7.08. The zero-order valence-electron chi connectivity index (χ0n) is 28.1. The molecule has 2 aromatic heterocycles. The third kappa shape index (κ3) is 13.6. The van der Waals surface area contributed by atoms with Crippen molar-refractivity contribution < 1.29 is 73.9 Å². The Morgan fingerprint density at radius 1 is 0.824 bits per heavy atom. The van der Waals surface area contributed by atoms with Crippen LogP contribution in [0.5, 0.6) is 17.2 Å². The molecule has 0 unspecified atom stereocenters. The Bertz CT molecular complexity index is 1550. The van der Waals surface area contributed by atoms with Crippen molar-refractivity contribution >= 4 is 52.5 Å². The van der Waals surface area contributed by atoms with E-state index in [4.69, 9.17) is 24.4 Å². The number of carbonyl (C=O) groups excluding carboxylic acids is 3. The molecule has 0 saturated carbocycles. The van der Waals surface area contributed by atoms with Crippen molar-refractivity contribution in [3.63, 3.8) is 0 Å². The second-order valence-corrected chi connectivity index (χ2v) is 12.4. The summed E-state index contributed by atoms with van der Waals surface area (Å²) in [5.41, 5.74) is 1.48. The third-order valence-corrected chi connectivity index (χ3v) is 9.02. The Morgan fingerprint density at radius 2 is 1.33 bits per heavy atom. The van der Waals surface area contributed by atoms with Crippen LogP contribution < -0.4 is 34.6 Å². The van der Waals surface area contributed by atoms with Crippen LogP contribution in [0.1, 0.15) is 40.7 Å². The molecule has 1 fully saturated rings. The van der Waals surface area contributed by atoms with Crippen LogP contribution in [0.4, 0.5) is 0 Å². The number of nitrogens with two attached hydrogens (primary N) is 1. The van der Waals surface area contributed by atoms with Crippen LogP contribution in [0.2, 0.25) is 0 Å². The van der Waals surface area contributed by atoms with E-state index in [1.807, 2.05) is 39.0 Å². The first kappa shape index (κ1) is 42.1. The number of carboxylic acid groups (broad SMARTS) is 4. The number of benzene rings is 1. The number of amides is 1. The molecule has 0 atom stereocenters. The number of ether oxygens (including phenoxy) is 3. The molecule has 15 nitrogen and oxygen atoms in total. The fourth-order valence-electron chi connectivity index (χ4n) is 5.16. The standard InChI is InChI=1S/C26H32N2O5S2.2C4H4O4/c1-31-22-5-4-21(23(32-2)24(22)33-3)25(29)27-20-6-11-28(12-7-20)13-10-26(30,18-8-14-34-16-18)19-9-15-35-17-19;2*5-3(6)1-2-4(7)8/h4-5,8-9,14-17,20,30H,6-7,10-13H2,1-3H3,(H,27,29);2*1-2H,(H,5,6)(H,7,8)/b;2*2-1+. The zero-order chi connectivity index (χ0) is 38.0. The summed E-state index contributed by atoms with van der Waals surface area (Å²) in [4.78, 5) is 52.5. The molecule has 276 valence electrons. The summed E-state index contributed by atoms with van der Waals surface area (Å²) in [6, 6.07) is 7.73. The number of hydrogen-bond donors (Lipinski definition) is 5. The van der Waals surface area contributed by atoms with Gasteiger partial charge in [-0.2, -0.15) is 22.7 Å². The van der Waals surface area contributed by atoms with Crippen LogP contribution >= 0.6 is 22.7 Å². The SMILES string of the molecule is COc1ccc(C(=O)[NH2+]C2CC[NH+](CCC(O)(c3ccsc3)c3ccsc3)CC2)c(OC)c1OC.O=C([O-])/C=C/C(=O)O.O=C([O-])/C=C/C(=O)O. The number of rotatable bonds is 14. The fourth-order valence-corrected chi connectivity index (χ4v) is 6.60. The van der Waals surface area contributed by atoms with E-state index >= 15 is 0 Å². The van der Waals surface area contributed by atoms with Crippen LogP contribution in [0.3, 0.4) is 0 Å². The predicted molar refractivity (Wildman–Crippen MR) is 181 cm³/mol. The molecule has 6 N–H and O–H groups in total. The van der Waals surface area contributed by atoms with Crippen molar-refractivity contribution in [1.29, 1.82) is 0 Å². The van der Waals surface area contributed by atoms with Crippen molar-refractivity contribution in [2.24, 2.45) is 0 Å². The summed E-state index contributed by atoms with van der Waals surface area (Å²) < 4.78 is 16.2. The van der Waals surface area contributed by atoms with Gasteiger partial charge in [0.05, 0.1) is 52.9 Å². The molecule has 17 heteroatoms. The number of quaternary nitrogens is 2. The number of thiophene rings is 2. The first-order valence-corrected chi connectivity index (χ1v) is 17.2. The minimum atomic E-state index is -1.51. The molecule has 1 aliphatic heterocycles. The molecule has 1 saturated heterocycles. The summed E-state index contributed by atoms with van der Waals surface area (Å²) >= 11 is 3.23. The van der Waals surface area contributed by atoms with Crippen LogP contribution in [0.25, 0.3) is 0 Å². The van der Waals surface area contributed by atoms with Gasteiger partial charge in [0.1, 0.15) is 17.2 Å². The van der Waals surface area contributed by atoms with Gasteiger partial charge < -0.3 is 54.2 Å². The Labute approximate surface area is 301 Å². The molecule has 0 spiro atoms. The minimum absolute atomic E-state index is 0.0551. The number of methoxy groups -OCH3 is 3. The van der Waals surface area contributed by atoms with Crippen molar-refractivity contribution in [3.05, 3.63) is 86.8 Å². The predicted octanol–water partition coefficient (Wildman–Crippen LogP) is -1.33. The molecule has 4 rings (SSSR count). The van der Waals surface area contributed by atoms with Gasteiger partial charge in [0, 0.05) is 31.4 Å². The topological polar surface area (TPSA) is 241 Å². The molecular formula is C34H40N2O13S2. The van der Waals surface area contributed by atoms with Gasteiger partial charge in [-0.3, -0.25) is 5.32 Å². The van der Waals surface area contributed by atoms with Gasteiger partial charge in [0.15, 0.2) is 11.5 Å². The van der Waals surface area contributed by atoms with E-state index in [-0.39, 0.29) is 11.9 Å². The minimum Gasteiger partial charge on any atom is -0.545 e. The molecule has 3 aromatic rings. The summed E-state index contributed by atoms with van der Waals surface area (Å²) in [5.74, 6) is -4.30. The lowest BCUT2D eigenvalue weighted by Gasteiger charge is -2.32. The van der Waals surface area contributed by atoms with E-state index in [9.17, 15) is 39.3 Å². The molecule has 51 heavy (non-hydrogen) atoms. The number of piperidine rings is 1. The maximum Gasteiger partial charge on any atom is 0.346 e. The Kier molecular flexibility index (Phi) is 17.5. The first-order chi connectivity index (χ1) is 24.2. The molecular weight excluding hydrogens is 709 g/mol. The van der Waals surface area contributed by atoms with Gasteiger partial charge in [-0.05, 0) is 69.1 Å². The average molecular weight is 749 g/mol. The molecule has 0 aliphatic carbocycles. The maximum atomic E-state index is 13.1. The van der Waals surface area contributed by atoms with Gasteiger partial charge in [-0.15, -0.1) is 0 Å². The van der Waals surface area contributed by atoms with Crippen LogP contribution in [0, 0.1) is 0 Å². The van der Waals surface area contributed by atoms with E-state index in [1.54, 1.807) is 41.9 Å². The Morgan fingerprint density at radius 3 is 1.71 bits per heavy atom. The number of likely N-dealkylation sites (tertiary alicyclic amines) is 1. The van der Waals surface area contributed by atoms with Crippen LogP contribution in [-0.2, 0) is 24.8 Å². The molecule has 3 heterocycles. The number of aliphatic carboxylic acids is 4. The second-order valence-electron chi connectivity index (χ2n) is 10.9. The number of aliphatic hydroxyl groups is 1. The van der Waals surface area contributed by atoms with E-state index in [0.29, 0.717) is 53.5 Å².